The molecule has 1 aliphatic rings. The van der Waals surface area contributed by atoms with Crippen LogP contribution in [0.4, 0.5) is 0 Å². The second-order valence-corrected chi connectivity index (χ2v) is 4.67. The van der Waals surface area contributed by atoms with Crippen molar-refractivity contribution >= 4 is 35.0 Å². The van der Waals surface area contributed by atoms with Gasteiger partial charge < -0.3 is 14.7 Å². The molecule has 1 fully saturated rings. The molecule has 0 aliphatic heterocycles. The summed E-state index contributed by atoms with van der Waals surface area (Å²) in [4.78, 5) is 38.4. The number of Topliss-reactive ketones (excluding diaryl/α,β-unsaturated/α-hetero) is 1. The molecule has 0 radical (unpaired) electrons. The van der Waals surface area contributed by atoms with E-state index in [0.29, 0.717) is 25.7 Å². The lowest BCUT2D eigenvalue weighted by Gasteiger charge is -2.25. The molecule has 0 amide bonds. The van der Waals surface area contributed by atoms with E-state index in [9.17, 15) is 14.4 Å². The van der Waals surface area contributed by atoms with E-state index < -0.39 is 23.3 Å². The normalized spacial score (nSPS) is 23.0. The Bertz CT molecular complexity index is 414. The van der Waals surface area contributed by atoms with Gasteiger partial charge in [-0.2, -0.15) is 0 Å². The number of ether oxygens (including phenoxy) is 1. The maximum atomic E-state index is 11.3. The summed E-state index contributed by atoms with van der Waals surface area (Å²) < 4.78 is 4.66. The van der Waals surface area contributed by atoms with Crippen molar-refractivity contribution in [2.45, 2.75) is 31.8 Å². The Labute approximate surface area is 120 Å². The summed E-state index contributed by atoms with van der Waals surface area (Å²) in [6.07, 6.45) is 1.95. The van der Waals surface area contributed by atoms with E-state index in [2.05, 4.69) is 9.89 Å². The quantitative estimate of drug-likeness (QED) is 0.258. The van der Waals surface area contributed by atoms with E-state index in [0.717, 1.165) is 0 Å². The lowest BCUT2D eigenvalue weighted by Crippen LogP contribution is -2.28. The number of hydrogen-bond donors (Lipinski definition) is 1. The number of rotatable bonds is 6. The van der Waals surface area contributed by atoms with Crippen LogP contribution in [0.2, 0.25) is 0 Å². The Morgan fingerprint density at radius 1 is 1.25 bits per heavy atom. The fourth-order valence-electron chi connectivity index (χ4n) is 1.97. The molecule has 0 saturated heterocycles. The lowest BCUT2D eigenvalue weighted by atomic mass is 9.87. The average Bonchev–Trinajstić information content (AvgIpc) is 2.46. The summed E-state index contributed by atoms with van der Waals surface area (Å²) in [6.45, 7) is 0. The lowest BCUT2D eigenvalue weighted by molar-refractivity contribution is -0.147. The van der Waals surface area contributed by atoms with E-state index in [1.807, 2.05) is 0 Å². The number of methoxy groups -OCH3 is 1. The Kier molecular flexibility index (Phi) is 6.44. The van der Waals surface area contributed by atoms with Crippen LogP contribution < -0.4 is 0 Å². The minimum Gasteiger partial charge on any atom is -0.476 e. The minimum absolute atomic E-state index is 0.160. The molecule has 1 aliphatic carbocycles. The highest BCUT2D eigenvalue weighted by molar-refractivity contribution is 6.67. The molecule has 0 aromatic heterocycles. The summed E-state index contributed by atoms with van der Waals surface area (Å²) in [5, 5.41) is 12.2. The third-order valence-electron chi connectivity index (χ3n) is 3.09. The number of ketones is 1. The maximum absolute atomic E-state index is 11.3. The van der Waals surface area contributed by atoms with Gasteiger partial charge in [-0.3, -0.25) is 9.59 Å². The summed E-state index contributed by atoms with van der Waals surface area (Å²) in [5.74, 6) is -3.16. The fraction of sp³-hybridized carbons (Fsp3) is 0.667. The van der Waals surface area contributed by atoms with Gasteiger partial charge >= 0.3 is 11.9 Å². The highest BCUT2D eigenvalue weighted by atomic mass is 35.5. The third-order valence-corrected chi connectivity index (χ3v) is 3.33. The second kappa shape index (κ2) is 7.84. The number of esters is 1. The number of halogens is 1. The summed E-state index contributed by atoms with van der Waals surface area (Å²) in [6, 6.07) is 0. The van der Waals surface area contributed by atoms with Crippen LogP contribution in [0, 0.1) is 5.92 Å². The van der Waals surface area contributed by atoms with Crippen molar-refractivity contribution in [2.24, 2.45) is 11.1 Å². The molecule has 112 valence electrons. The van der Waals surface area contributed by atoms with Crippen LogP contribution in [0.3, 0.4) is 0 Å². The topological polar surface area (TPSA) is 102 Å². The number of oxime groups is 1. The van der Waals surface area contributed by atoms with Gasteiger partial charge in [0.05, 0.1) is 18.9 Å². The van der Waals surface area contributed by atoms with Crippen LogP contribution in [0.25, 0.3) is 0 Å². The maximum Gasteiger partial charge on any atom is 0.361 e. The Balaban J connectivity index is 2.52. The van der Waals surface area contributed by atoms with Crippen molar-refractivity contribution in [1.29, 1.82) is 0 Å². The van der Waals surface area contributed by atoms with Crippen molar-refractivity contribution in [3.05, 3.63) is 0 Å². The van der Waals surface area contributed by atoms with Gasteiger partial charge in [0.1, 0.15) is 6.10 Å². The molecule has 0 heterocycles. The van der Waals surface area contributed by atoms with Gasteiger partial charge in [0, 0.05) is 0 Å². The second-order valence-electron chi connectivity index (χ2n) is 4.40. The highest BCUT2D eigenvalue weighted by Crippen LogP contribution is 2.27. The van der Waals surface area contributed by atoms with E-state index in [1.165, 1.54) is 7.11 Å². The summed E-state index contributed by atoms with van der Waals surface area (Å²) in [7, 11) is 1.34. The first kappa shape index (κ1) is 16.4. The molecule has 20 heavy (non-hydrogen) atoms. The monoisotopic (exact) mass is 305 g/mol. The summed E-state index contributed by atoms with van der Waals surface area (Å²) in [5.41, 5.74) is -0.713. The number of hydrogen-bond acceptors (Lipinski definition) is 6. The van der Waals surface area contributed by atoms with Gasteiger partial charge in [-0.05, 0) is 25.7 Å². The van der Waals surface area contributed by atoms with Crippen LogP contribution in [-0.4, -0.2) is 47.6 Å². The molecular weight excluding hydrogens is 290 g/mol. The molecule has 1 saturated carbocycles. The largest absolute Gasteiger partial charge is 0.476 e. The van der Waals surface area contributed by atoms with Gasteiger partial charge in [-0.1, -0.05) is 5.16 Å². The zero-order chi connectivity index (χ0) is 15.1. The zero-order valence-electron chi connectivity index (χ0n) is 11.0. The highest BCUT2D eigenvalue weighted by Gasteiger charge is 2.28. The molecule has 0 unspecified atom stereocenters. The Hall–Kier alpha value is -1.63. The number of carbonyl (C=O) groups excluding carboxylic acids is 2. The summed E-state index contributed by atoms with van der Waals surface area (Å²) >= 11 is 5.28. The first-order valence-electron chi connectivity index (χ1n) is 6.13. The standard InChI is InChI=1S/C12H16ClNO6/c1-19-12(18)7-2-4-8(5-3-7)20-14-10(11(16)17)9(15)6-13/h7-8H,2-6H2,1H3,(H,16,17)/t7-,8-. The first-order chi connectivity index (χ1) is 9.49. The molecule has 0 spiro atoms. The smallest absolute Gasteiger partial charge is 0.361 e. The predicted molar refractivity (Wildman–Crippen MR) is 69.6 cm³/mol. The number of nitrogens with zero attached hydrogens (tertiary/aromatic N) is 1. The van der Waals surface area contributed by atoms with Gasteiger partial charge in [0.15, 0.2) is 0 Å². The number of alkyl halides is 1. The van der Waals surface area contributed by atoms with Gasteiger partial charge in [0.2, 0.25) is 11.5 Å². The number of carboxylic acids is 1. The van der Waals surface area contributed by atoms with Crippen molar-refractivity contribution in [3.8, 4) is 0 Å². The van der Waals surface area contributed by atoms with Crippen LogP contribution in [0.15, 0.2) is 5.16 Å². The van der Waals surface area contributed by atoms with E-state index >= 15 is 0 Å². The molecule has 1 N–H and O–H groups in total. The molecule has 8 heteroatoms. The fourth-order valence-corrected chi connectivity index (χ4v) is 2.10. The van der Waals surface area contributed by atoms with Gasteiger partial charge in [0.25, 0.3) is 0 Å². The van der Waals surface area contributed by atoms with Crippen molar-refractivity contribution < 1.29 is 29.1 Å². The first-order valence-corrected chi connectivity index (χ1v) is 6.67. The van der Waals surface area contributed by atoms with Crippen LogP contribution in [0.5, 0.6) is 0 Å². The number of carboxylic acid groups (broad SMARTS) is 1. The molecule has 7 nitrogen and oxygen atoms in total. The van der Waals surface area contributed by atoms with Gasteiger partial charge in [-0.25, -0.2) is 4.79 Å². The van der Waals surface area contributed by atoms with Crippen molar-refractivity contribution in [1.82, 2.24) is 0 Å². The van der Waals surface area contributed by atoms with Crippen molar-refractivity contribution in [3.63, 3.8) is 0 Å². The van der Waals surface area contributed by atoms with Gasteiger partial charge in [-0.15, -0.1) is 11.6 Å². The molecule has 0 atom stereocenters. The predicted octanol–water partition coefficient (Wildman–Crippen LogP) is 0.983. The molecule has 0 bridgehead atoms. The Morgan fingerprint density at radius 2 is 1.85 bits per heavy atom. The SMILES string of the molecule is COC(=O)[C@H]1CC[C@H](ON=C(C(=O)O)C(=O)CCl)CC1. The number of carbonyl (C=O) groups is 3. The Morgan fingerprint density at radius 3 is 2.30 bits per heavy atom. The molecule has 0 aromatic carbocycles. The average molecular weight is 306 g/mol. The van der Waals surface area contributed by atoms with E-state index in [1.54, 1.807) is 0 Å². The third kappa shape index (κ3) is 4.48. The number of aliphatic carboxylic acids is 1. The van der Waals surface area contributed by atoms with Crippen LogP contribution in [-0.2, 0) is 24.0 Å². The van der Waals surface area contributed by atoms with Crippen LogP contribution in [0.1, 0.15) is 25.7 Å². The minimum atomic E-state index is -1.47. The van der Waals surface area contributed by atoms with Crippen LogP contribution >= 0.6 is 11.6 Å². The van der Waals surface area contributed by atoms with E-state index in [4.69, 9.17) is 21.5 Å². The molecular formula is C12H16ClNO6. The molecule has 1 rings (SSSR count). The van der Waals surface area contributed by atoms with Crippen molar-refractivity contribution in [2.75, 3.05) is 13.0 Å². The van der Waals surface area contributed by atoms with E-state index in [-0.39, 0.29) is 18.0 Å². The molecule has 0 aromatic rings. The zero-order valence-corrected chi connectivity index (χ0v) is 11.8.